The van der Waals surface area contributed by atoms with Crippen molar-refractivity contribution >= 4 is 23.2 Å². The lowest BCUT2D eigenvalue weighted by molar-refractivity contribution is -0.123. The fourth-order valence-corrected chi connectivity index (χ4v) is 3.32. The molecule has 0 saturated heterocycles. The van der Waals surface area contributed by atoms with Crippen molar-refractivity contribution in [3.8, 4) is 22.5 Å². The predicted molar refractivity (Wildman–Crippen MR) is 128 cm³/mol. The average Bonchev–Trinajstić information content (AvgIpc) is 3.22. The first kappa shape index (κ1) is 22.2. The number of nitrogens with zero attached hydrogens (tertiary/aromatic N) is 3. The Morgan fingerprint density at radius 1 is 0.970 bits per heavy atom. The number of anilines is 1. The zero-order valence-corrected chi connectivity index (χ0v) is 19.3. The molecular weight excluding hydrogens is 416 g/mol. The number of carbonyl (C=O) groups is 2. The summed E-state index contributed by atoms with van der Waals surface area (Å²) in [5.41, 5.74) is 5.54. The molecule has 4 aromatic rings. The highest BCUT2D eigenvalue weighted by Crippen LogP contribution is 2.27. The predicted octanol–water partition coefficient (Wildman–Crippen LogP) is 5.14. The number of benzene rings is 2. The molecule has 2 aromatic carbocycles. The summed E-state index contributed by atoms with van der Waals surface area (Å²) in [6.07, 6.45) is 1.85. The van der Waals surface area contributed by atoms with Crippen molar-refractivity contribution in [3.63, 3.8) is 0 Å². The van der Waals surface area contributed by atoms with Gasteiger partial charge in [-0.1, -0.05) is 45.0 Å². The minimum Gasteiger partial charge on any atom is -0.465 e. The molecule has 1 N–H and O–H groups in total. The zero-order valence-electron chi connectivity index (χ0n) is 19.3. The summed E-state index contributed by atoms with van der Waals surface area (Å²) in [4.78, 5) is 29.0. The summed E-state index contributed by atoms with van der Waals surface area (Å²) >= 11 is 0. The van der Waals surface area contributed by atoms with Crippen LogP contribution in [-0.2, 0) is 9.53 Å². The quantitative estimate of drug-likeness (QED) is 0.442. The Morgan fingerprint density at radius 3 is 2.45 bits per heavy atom. The van der Waals surface area contributed by atoms with Crippen molar-refractivity contribution in [2.24, 2.45) is 5.41 Å². The van der Waals surface area contributed by atoms with E-state index in [1.807, 2.05) is 70.3 Å². The van der Waals surface area contributed by atoms with Gasteiger partial charge in [0.2, 0.25) is 5.91 Å². The topological polar surface area (TPSA) is 85.6 Å². The molecule has 0 radical (unpaired) electrons. The Balaban J connectivity index is 1.68. The number of nitrogens with one attached hydrogen (secondary N) is 1. The molecule has 168 valence electrons. The Hall–Kier alpha value is -4.00. The second-order valence-electron chi connectivity index (χ2n) is 8.95. The molecule has 0 fully saturated rings. The third kappa shape index (κ3) is 4.62. The first-order valence-corrected chi connectivity index (χ1v) is 10.6. The van der Waals surface area contributed by atoms with E-state index < -0.39 is 11.4 Å². The molecule has 4 rings (SSSR count). The minimum atomic E-state index is -0.489. The maximum atomic E-state index is 12.5. The lowest BCUT2D eigenvalue weighted by Crippen LogP contribution is -2.27. The van der Waals surface area contributed by atoms with Crippen LogP contribution in [-0.4, -0.2) is 33.6 Å². The number of aromatic nitrogens is 3. The highest BCUT2D eigenvalue weighted by Gasteiger charge is 2.22. The van der Waals surface area contributed by atoms with Gasteiger partial charge in [0.1, 0.15) is 0 Å². The first-order chi connectivity index (χ1) is 15.7. The summed E-state index contributed by atoms with van der Waals surface area (Å²) in [6.45, 7) is 7.61. The number of carbonyl (C=O) groups excluding carboxylic acids is 2. The largest absolute Gasteiger partial charge is 0.465 e. The Bertz CT molecular complexity index is 1370. The van der Waals surface area contributed by atoms with Crippen LogP contribution in [0.1, 0.15) is 36.7 Å². The van der Waals surface area contributed by atoms with Crippen LogP contribution in [0.4, 0.5) is 5.69 Å². The van der Waals surface area contributed by atoms with Gasteiger partial charge in [-0.05, 0) is 42.8 Å². The Kier molecular flexibility index (Phi) is 5.72. The molecule has 7 heteroatoms. The van der Waals surface area contributed by atoms with Gasteiger partial charge in [0.15, 0.2) is 5.65 Å². The van der Waals surface area contributed by atoms with Gasteiger partial charge < -0.3 is 10.1 Å². The number of methoxy groups -OCH3 is 1. The van der Waals surface area contributed by atoms with E-state index >= 15 is 0 Å². The molecule has 0 bridgehead atoms. The van der Waals surface area contributed by atoms with Gasteiger partial charge in [0.25, 0.3) is 0 Å². The Labute approximate surface area is 192 Å². The number of rotatable bonds is 4. The van der Waals surface area contributed by atoms with Crippen LogP contribution in [0.5, 0.6) is 0 Å². The lowest BCUT2D eigenvalue weighted by atomic mass is 9.95. The van der Waals surface area contributed by atoms with Gasteiger partial charge in [-0.2, -0.15) is 5.10 Å². The van der Waals surface area contributed by atoms with E-state index in [1.54, 1.807) is 22.7 Å². The van der Waals surface area contributed by atoms with Crippen LogP contribution in [0.25, 0.3) is 28.2 Å². The number of hydrogen-bond acceptors (Lipinski definition) is 5. The van der Waals surface area contributed by atoms with Gasteiger partial charge in [0.05, 0.1) is 30.3 Å². The molecular formula is C26H26N4O3. The number of ether oxygens (including phenoxy) is 1. The van der Waals surface area contributed by atoms with E-state index in [1.165, 1.54) is 7.11 Å². The van der Waals surface area contributed by atoms with Crippen molar-refractivity contribution in [3.05, 3.63) is 71.9 Å². The maximum Gasteiger partial charge on any atom is 0.337 e. The minimum absolute atomic E-state index is 0.0433. The summed E-state index contributed by atoms with van der Waals surface area (Å²) in [7, 11) is 1.36. The number of aryl methyl sites for hydroxylation is 1. The molecule has 1 amide bonds. The highest BCUT2D eigenvalue weighted by atomic mass is 16.5. The molecule has 33 heavy (non-hydrogen) atoms. The second-order valence-corrected chi connectivity index (χ2v) is 8.95. The summed E-state index contributed by atoms with van der Waals surface area (Å²) in [5, 5.41) is 7.69. The number of esters is 1. The number of imidazole rings is 1. The number of amides is 1. The van der Waals surface area contributed by atoms with Gasteiger partial charge in [-0.15, -0.1) is 0 Å². The summed E-state index contributed by atoms with van der Waals surface area (Å²) in [5.74, 6) is -0.435. The van der Waals surface area contributed by atoms with E-state index in [0.717, 1.165) is 28.1 Å². The van der Waals surface area contributed by atoms with Crippen LogP contribution in [0.2, 0.25) is 0 Å². The van der Waals surface area contributed by atoms with Gasteiger partial charge in [0, 0.05) is 22.2 Å². The monoisotopic (exact) mass is 442 g/mol. The van der Waals surface area contributed by atoms with E-state index in [4.69, 9.17) is 4.74 Å². The van der Waals surface area contributed by atoms with Crippen molar-refractivity contribution in [1.29, 1.82) is 0 Å². The molecule has 0 saturated carbocycles. The smallest absolute Gasteiger partial charge is 0.337 e. The molecule has 0 spiro atoms. The molecule has 0 atom stereocenters. The fraction of sp³-hybridized carbons (Fsp3) is 0.231. The molecule has 7 nitrogen and oxygen atoms in total. The van der Waals surface area contributed by atoms with Crippen LogP contribution < -0.4 is 5.32 Å². The summed E-state index contributed by atoms with van der Waals surface area (Å²) in [6, 6.07) is 16.8. The van der Waals surface area contributed by atoms with Crippen molar-refractivity contribution in [1.82, 2.24) is 14.6 Å². The summed E-state index contributed by atoms with van der Waals surface area (Å²) < 4.78 is 6.52. The molecule has 2 heterocycles. The number of hydrogen-bond donors (Lipinski definition) is 1. The average molecular weight is 443 g/mol. The lowest BCUT2D eigenvalue weighted by Gasteiger charge is -2.19. The number of fused-ring (bicyclic) bond motifs is 1. The highest BCUT2D eigenvalue weighted by molar-refractivity contribution is 5.95. The normalized spacial score (nSPS) is 11.4. The van der Waals surface area contributed by atoms with Crippen molar-refractivity contribution in [2.75, 3.05) is 12.4 Å². The maximum absolute atomic E-state index is 12.5. The molecule has 0 aliphatic rings. The molecule has 0 aliphatic carbocycles. The fourth-order valence-electron chi connectivity index (χ4n) is 3.32. The van der Waals surface area contributed by atoms with E-state index in [-0.39, 0.29) is 5.91 Å². The van der Waals surface area contributed by atoms with Crippen LogP contribution in [0.15, 0.2) is 60.8 Å². The van der Waals surface area contributed by atoms with Crippen LogP contribution in [0.3, 0.4) is 0 Å². The van der Waals surface area contributed by atoms with Crippen molar-refractivity contribution < 1.29 is 14.3 Å². The zero-order chi connectivity index (χ0) is 23.8. The van der Waals surface area contributed by atoms with Gasteiger partial charge in [-0.3, -0.25) is 4.79 Å². The van der Waals surface area contributed by atoms with Gasteiger partial charge >= 0.3 is 5.97 Å². The molecule has 0 aliphatic heterocycles. The molecule has 2 aromatic heterocycles. The standard InChI is InChI=1S/C26H26N4O3/c1-16-9-10-18(14-21(16)28-25(32)26(2,3)4)22-15-30-23(27-22)12-11-20(29-30)17-7-6-8-19(13-17)24(31)33-5/h6-15H,1-5H3,(H,28,32). The van der Waals surface area contributed by atoms with Crippen molar-refractivity contribution in [2.45, 2.75) is 27.7 Å². The first-order valence-electron chi connectivity index (χ1n) is 10.6. The third-order valence-corrected chi connectivity index (χ3v) is 5.36. The second kappa shape index (κ2) is 8.50. The SMILES string of the molecule is COC(=O)c1cccc(-c2ccc3nc(-c4ccc(C)c(NC(=O)C(C)(C)C)c4)cn3n2)c1. The Morgan fingerprint density at radius 2 is 1.73 bits per heavy atom. The van der Waals surface area contributed by atoms with E-state index in [2.05, 4.69) is 15.4 Å². The van der Waals surface area contributed by atoms with E-state index in [9.17, 15) is 9.59 Å². The van der Waals surface area contributed by atoms with Crippen LogP contribution >= 0.6 is 0 Å². The van der Waals surface area contributed by atoms with E-state index in [0.29, 0.717) is 16.9 Å². The molecule has 0 unspecified atom stereocenters. The third-order valence-electron chi connectivity index (χ3n) is 5.36. The van der Waals surface area contributed by atoms with Gasteiger partial charge in [-0.25, -0.2) is 14.3 Å². The van der Waals surface area contributed by atoms with Crippen LogP contribution in [0, 0.1) is 12.3 Å².